The molecule has 0 radical (unpaired) electrons. The first-order chi connectivity index (χ1) is 14.6. The predicted octanol–water partition coefficient (Wildman–Crippen LogP) is 4.75. The number of nitro groups is 1. The van der Waals surface area contributed by atoms with E-state index in [1.54, 1.807) is 32.9 Å². The molecule has 1 amide bonds. The van der Waals surface area contributed by atoms with E-state index in [1.165, 1.54) is 12.1 Å². The average molecular weight is 433 g/mol. The Labute approximate surface area is 182 Å². The fourth-order valence-electron chi connectivity index (χ4n) is 4.33. The highest BCUT2D eigenvalue weighted by atomic mass is 16.6. The van der Waals surface area contributed by atoms with Gasteiger partial charge in [0.25, 0.3) is 5.69 Å². The van der Waals surface area contributed by atoms with E-state index >= 15 is 0 Å². The molecule has 2 saturated carbocycles. The second-order valence-corrected chi connectivity index (χ2v) is 9.62. The molecule has 0 aromatic heterocycles. The molecule has 0 saturated heterocycles. The first-order valence-corrected chi connectivity index (χ1v) is 11.0. The number of nitrogens with one attached hydrogen (secondary N) is 1. The van der Waals surface area contributed by atoms with Gasteiger partial charge in [0.05, 0.1) is 4.92 Å². The normalized spacial score (nSPS) is 17.9. The summed E-state index contributed by atoms with van der Waals surface area (Å²) in [5.74, 6) is 0.278. The van der Waals surface area contributed by atoms with Gasteiger partial charge < -0.3 is 14.8 Å². The third-order valence-electron chi connectivity index (χ3n) is 6.20. The van der Waals surface area contributed by atoms with Crippen LogP contribution < -0.4 is 5.32 Å². The quantitative estimate of drug-likeness (QED) is 0.361. The van der Waals surface area contributed by atoms with Crippen LogP contribution in [0.5, 0.6) is 0 Å². The second-order valence-electron chi connectivity index (χ2n) is 9.62. The molecule has 1 aromatic rings. The van der Waals surface area contributed by atoms with Gasteiger partial charge in [-0.25, -0.2) is 9.59 Å². The Balaban J connectivity index is 1.74. The third-order valence-corrected chi connectivity index (χ3v) is 6.20. The lowest BCUT2D eigenvalue weighted by Crippen LogP contribution is -2.54. The molecule has 1 aromatic carbocycles. The second kappa shape index (κ2) is 9.66. The maximum atomic E-state index is 13.1. The van der Waals surface area contributed by atoms with Gasteiger partial charge >= 0.3 is 12.1 Å². The summed E-state index contributed by atoms with van der Waals surface area (Å²) in [7, 11) is 0. The van der Waals surface area contributed by atoms with Gasteiger partial charge in [-0.15, -0.1) is 0 Å². The van der Waals surface area contributed by atoms with Crippen molar-refractivity contribution in [3.63, 3.8) is 0 Å². The number of nitrogens with zero attached hydrogens (tertiary/aromatic N) is 1. The monoisotopic (exact) mass is 432 g/mol. The smallest absolute Gasteiger partial charge is 0.408 e. The van der Waals surface area contributed by atoms with Crippen LogP contribution in [-0.4, -0.2) is 28.6 Å². The summed E-state index contributed by atoms with van der Waals surface area (Å²) in [6.45, 7) is 5.24. The molecule has 8 heteroatoms. The number of benzene rings is 1. The molecule has 0 heterocycles. The van der Waals surface area contributed by atoms with E-state index in [9.17, 15) is 19.7 Å². The van der Waals surface area contributed by atoms with Gasteiger partial charge in [0, 0.05) is 12.1 Å². The van der Waals surface area contributed by atoms with Crippen LogP contribution in [0.1, 0.15) is 64.9 Å². The summed E-state index contributed by atoms with van der Waals surface area (Å²) in [4.78, 5) is 36.2. The SMILES string of the molecule is CC(C)(C)OC(=O)N[C@H](C(=O)OCc1cccc([N+](=O)[O-])c1)C(C1CCC1)C1CCC1. The number of non-ortho nitro benzene ring substituents is 1. The fraction of sp³-hybridized carbons (Fsp3) is 0.652. The first-order valence-electron chi connectivity index (χ1n) is 11.0. The number of carbonyl (C=O) groups excluding carboxylic acids is 2. The molecule has 0 bridgehead atoms. The summed E-state index contributed by atoms with van der Waals surface area (Å²) in [5.41, 5.74) is -0.203. The summed E-state index contributed by atoms with van der Waals surface area (Å²) in [6, 6.07) is 5.22. The van der Waals surface area contributed by atoms with Crippen LogP contribution in [0.2, 0.25) is 0 Å². The van der Waals surface area contributed by atoms with Gasteiger partial charge in [-0.2, -0.15) is 0 Å². The number of hydrogen-bond donors (Lipinski definition) is 1. The van der Waals surface area contributed by atoms with Crippen molar-refractivity contribution in [2.24, 2.45) is 17.8 Å². The minimum absolute atomic E-state index is 0.0210. The highest BCUT2D eigenvalue weighted by molar-refractivity contribution is 5.82. The van der Waals surface area contributed by atoms with Crippen LogP contribution in [0.4, 0.5) is 10.5 Å². The van der Waals surface area contributed by atoms with Crippen LogP contribution in [-0.2, 0) is 20.9 Å². The van der Waals surface area contributed by atoms with Crippen LogP contribution in [0.15, 0.2) is 24.3 Å². The van der Waals surface area contributed by atoms with Crippen molar-refractivity contribution in [2.45, 2.75) is 77.5 Å². The summed E-state index contributed by atoms with van der Waals surface area (Å²) in [6.07, 6.45) is 5.83. The maximum Gasteiger partial charge on any atom is 0.408 e. The minimum Gasteiger partial charge on any atom is -0.459 e. The molecule has 2 aliphatic carbocycles. The molecule has 0 aliphatic heterocycles. The Morgan fingerprint density at radius 1 is 1.16 bits per heavy atom. The Morgan fingerprint density at radius 2 is 1.77 bits per heavy atom. The van der Waals surface area contributed by atoms with Crippen molar-refractivity contribution in [3.05, 3.63) is 39.9 Å². The highest BCUT2D eigenvalue weighted by Gasteiger charge is 2.45. The van der Waals surface area contributed by atoms with Crippen LogP contribution in [0.25, 0.3) is 0 Å². The molecule has 0 unspecified atom stereocenters. The number of esters is 1. The lowest BCUT2D eigenvalue weighted by atomic mass is 9.62. The predicted molar refractivity (Wildman–Crippen MR) is 114 cm³/mol. The van der Waals surface area contributed by atoms with E-state index in [1.807, 2.05) is 0 Å². The van der Waals surface area contributed by atoms with E-state index in [0.717, 1.165) is 38.5 Å². The third kappa shape index (κ3) is 6.18. The Morgan fingerprint density at radius 3 is 2.26 bits per heavy atom. The molecule has 31 heavy (non-hydrogen) atoms. The van der Waals surface area contributed by atoms with Gasteiger partial charge in [-0.05, 0) is 44.1 Å². The lowest BCUT2D eigenvalue weighted by Gasteiger charge is -2.45. The molecule has 8 nitrogen and oxygen atoms in total. The van der Waals surface area contributed by atoms with Crippen molar-refractivity contribution < 1.29 is 24.0 Å². The number of nitro benzene ring substituents is 1. The number of alkyl carbamates (subject to hydrolysis) is 1. The average Bonchev–Trinajstić information content (AvgIpc) is 2.59. The lowest BCUT2D eigenvalue weighted by molar-refractivity contribution is -0.384. The fourth-order valence-corrected chi connectivity index (χ4v) is 4.33. The van der Waals surface area contributed by atoms with E-state index in [2.05, 4.69) is 5.32 Å². The van der Waals surface area contributed by atoms with Gasteiger partial charge in [-0.3, -0.25) is 10.1 Å². The Bertz CT molecular complexity index is 797. The molecule has 0 spiro atoms. The summed E-state index contributed by atoms with van der Waals surface area (Å²) >= 11 is 0. The van der Waals surface area contributed by atoms with Gasteiger partial charge in [-0.1, -0.05) is 50.7 Å². The maximum absolute atomic E-state index is 13.1. The number of carbonyl (C=O) groups is 2. The molecule has 2 aliphatic rings. The molecule has 170 valence electrons. The largest absolute Gasteiger partial charge is 0.459 e. The van der Waals surface area contributed by atoms with Crippen LogP contribution in [0.3, 0.4) is 0 Å². The highest BCUT2D eigenvalue weighted by Crippen LogP contribution is 2.46. The standard InChI is InChI=1S/C23H32N2O6/c1-23(2,3)31-22(27)24-20(19(16-8-5-9-16)17-10-6-11-17)21(26)30-14-15-7-4-12-18(13-15)25(28)29/h4,7,12-13,16-17,19-20H,5-6,8-11,14H2,1-3H3,(H,24,27)/t20-/m0/s1. The zero-order chi connectivity index (χ0) is 22.6. The molecular weight excluding hydrogens is 400 g/mol. The molecule has 3 rings (SSSR count). The van der Waals surface area contributed by atoms with Gasteiger partial charge in [0.2, 0.25) is 0 Å². The van der Waals surface area contributed by atoms with Crippen molar-refractivity contribution in [2.75, 3.05) is 0 Å². The van der Waals surface area contributed by atoms with Crippen LogP contribution in [0, 0.1) is 27.9 Å². The zero-order valence-corrected chi connectivity index (χ0v) is 18.5. The molecule has 2 fully saturated rings. The number of amides is 1. The van der Waals surface area contributed by atoms with Crippen molar-refractivity contribution in [3.8, 4) is 0 Å². The Hall–Kier alpha value is -2.64. The Kier molecular flexibility index (Phi) is 7.18. The minimum atomic E-state index is -0.788. The van der Waals surface area contributed by atoms with Crippen molar-refractivity contribution in [1.29, 1.82) is 0 Å². The first kappa shape index (κ1) is 23.0. The summed E-state index contributed by atoms with van der Waals surface area (Å²) in [5, 5.41) is 13.8. The van der Waals surface area contributed by atoms with E-state index in [-0.39, 0.29) is 18.2 Å². The van der Waals surface area contributed by atoms with Crippen molar-refractivity contribution in [1.82, 2.24) is 5.32 Å². The summed E-state index contributed by atoms with van der Waals surface area (Å²) < 4.78 is 10.9. The number of ether oxygens (including phenoxy) is 2. The van der Waals surface area contributed by atoms with E-state index in [4.69, 9.17) is 9.47 Å². The van der Waals surface area contributed by atoms with Gasteiger partial charge in [0.1, 0.15) is 18.2 Å². The molecule has 1 atom stereocenters. The molecule has 1 N–H and O–H groups in total. The number of rotatable bonds is 8. The van der Waals surface area contributed by atoms with Gasteiger partial charge in [0.15, 0.2) is 0 Å². The zero-order valence-electron chi connectivity index (χ0n) is 18.5. The molecular formula is C23H32N2O6. The van der Waals surface area contributed by atoms with E-state index in [0.29, 0.717) is 17.4 Å². The van der Waals surface area contributed by atoms with E-state index < -0.39 is 28.6 Å². The topological polar surface area (TPSA) is 108 Å². The van der Waals surface area contributed by atoms with Crippen LogP contribution >= 0.6 is 0 Å². The van der Waals surface area contributed by atoms with Crippen molar-refractivity contribution >= 4 is 17.7 Å². The number of hydrogen-bond acceptors (Lipinski definition) is 6.